The lowest BCUT2D eigenvalue weighted by atomic mass is 9.53. The molecule has 3 rings (SSSR count). The van der Waals surface area contributed by atoms with E-state index in [1.165, 1.54) is 24.8 Å². The third-order valence-corrected chi connectivity index (χ3v) is 4.03. The second-order valence-electron chi connectivity index (χ2n) is 5.47. The summed E-state index contributed by atoms with van der Waals surface area (Å²) in [5.41, 5.74) is 1.45. The minimum absolute atomic E-state index is 0.245. The summed E-state index contributed by atoms with van der Waals surface area (Å²) in [6.45, 7) is 3.09. The maximum Gasteiger partial charge on any atom is 0.485 e. The van der Waals surface area contributed by atoms with Crippen molar-refractivity contribution < 1.29 is 18.6 Å². The van der Waals surface area contributed by atoms with Crippen LogP contribution >= 0.6 is 0 Å². The molecule has 104 valence electrons. The Balaban J connectivity index is 1.80. The minimum atomic E-state index is -0.245. The van der Waals surface area contributed by atoms with Crippen LogP contribution in [0.5, 0.6) is 0 Å². The molecule has 0 radical (unpaired) electrons. The van der Waals surface area contributed by atoms with Crippen LogP contribution in [0.1, 0.15) is 44.9 Å². The van der Waals surface area contributed by atoms with Crippen molar-refractivity contribution in [2.24, 2.45) is 0 Å². The van der Waals surface area contributed by atoms with E-state index in [2.05, 4.69) is 0 Å². The Morgan fingerprint density at radius 1 is 0.632 bits per heavy atom. The summed E-state index contributed by atoms with van der Waals surface area (Å²) in [6, 6.07) is 0. The van der Waals surface area contributed by atoms with Crippen molar-refractivity contribution in [3.05, 3.63) is 10.9 Å². The SMILES string of the molecule is C1CCC(=C(B2OCCCO2)B2OCCCO2)CC1. The molecular weight excluding hydrogens is 242 g/mol. The van der Waals surface area contributed by atoms with E-state index >= 15 is 0 Å². The van der Waals surface area contributed by atoms with Gasteiger partial charge in [-0.2, -0.15) is 0 Å². The molecule has 1 aliphatic carbocycles. The predicted molar refractivity (Wildman–Crippen MR) is 74.7 cm³/mol. The van der Waals surface area contributed by atoms with E-state index < -0.39 is 0 Å². The van der Waals surface area contributed by atoms with Gasteiger partial charge in [0.15, 0.2) is 0 Å². The molecule has 2 heterocycles. The lowest BCUT2D eigenvalue weighted by molar-refractivity contribution is 0.127. The zero-order valence-corrected chi connectivity index (χ0v) is 11.6. The molecule has 0 unspecified atom stereocenters. The smallest absolute Gasteiger partial charge is 0.408 e. The van der Waals surface area contributed by atoms with Gasteiger partial charge in [0.1, 0.15) is 0 Å². The summed E-state index contributed by atoms with van der Waals surface area (Å²) >= 11 is 0. The van der Waals surface area contributed by atoms with Crippen molar-refractivity contribution in [2.45, 2.75) is 44.9 Å². The van der Waals surface area contributed by atoms with Gasteiger partial charge in [-0.15, -0.1) is 0 Å². The molecule has 19 heavy (non-hydrogen) atoms. The summed E-state index contributed by atoms with van der Waals surface area (Å²) in [5.74, 6) is 0. The molecule has 1 saturated carbocycles. The van der Waals surface area contributed by atoms with Gasteiger partial charge in [0.05, 0.1) is 0 Å². The number of allylic oxidation sites excluding steroid dienone is 1. The van der Waals surface area contributed by atoms with Crippen LogP contribution < -0.4 is 0 Å². The first-order valence-corrected chi connectivity index (χ1v) is 7.63. The zero-order chi connectivity index (χ0) is 12.9. The molecule has 2 aliphatic heterocycles. The van der Waals surface area contributed by atoms with E-state index in [0.717, 1.165) is 57.5 Å². The Bertz CT molecular complexity index is 295. The molecule has 0 amide bonds. The maximum absolute atomic E-state index is 5.81. The highest BCUT2D eigenvalue weighted by atomic mass is 16.6. The zero-order valence-electron chi connectivity index (χ0n) is 11.6. The molecule has 0 spiro atoms. The summed E-state index contributed by atoms with van der Waals surface area (Å²) in [5, 5.41) is 1.14. The topological polar surface area (TPSA) is 36.9 Å². The van der Waals surface area contributed by atoms with Crippen molar-refractivity contribution in [2.75, 3.05) is 26.4 Å². The summed E-state index contributed by atoms with van der Waals surface area (Å²) in [6.07, 6.45) is 8.09. The number of rotatable bonds is 2. The number of hydrogen-bond acceptors (Lipinski definition) is 4. The van der Waals surface area contributed by atoms with Gasteiger partial charge in [-0.1, -0.05) is 12.0 Å². The van der Waals surface area contributed by atoms with E-state index in [1.807, 2.05) is 0 Å². The lowest BCUT2D eigenvalue weighted by Gasteiger charge is -2.30. The molecule has 0 aromatic carbocycles. The first kappa shape index (κ1) is 13.7. The Morgan fingerprint density at radius 3 is 1.58 bits per heavy atom. The predicted octanol–water partition coefficient (Wildman–Crippen LogP) is 2.18. The number of hydrogen-bond donors (Lipinski definition) is 0. The van der Waals surface area contributed by atoms with Crippen molar-refractivity contribution in [3.8, 4) is 0 Å². The first-order chi connectivity index (χ1) is 9.45. The minimum Gasteiger partial charge on any atom is -0.408 e. The Hall–Kier alpha value is -0.290. The van der Waals surface area contributed by atoms with Gasteiger partial charge in [0.25, 0.3) is 0 Å². The van der Waals surface area contributed by atoms with Gasteiger partial charge in [-0.3, -0.25) is 0 Å². The molecule has 2 saturated heterocycles. The van der Waals surface area contributed by atoms with Crippen molar-refractivity contribution in [1.82, 2.24) is 0 Å². The Labute approximate surface area is 116 Å². The normalized spacial score (nSPS) is 25.6. The van der Waals surface area contributed by atoms with Crippen LogP contribution in [0.25, 0.3) is 0 Å². The Kier molecular flexibility index (Phi) is 4.99. The summed E-state index contributed by atoms with van der Waals surface area (Å²) in [4.78, 5) is 0. The van der Waals surface area contributed by atoms with E-state index in [9.17, 15) is 0 Å². The van der Waals surface area contributed by atoms with Crippen LogP contribution in [0, 0.1) is 0 Å². The maximum atomic E-state index is 5.81. The van der Waals surface area contributed by atoms with Crippen LogP contribution in [0.4, 0.5) is 0 Å². The summed E-state index contributed by atoms with van der Waals surface area (Å²) < 4.78 is 23.2. The van der Waals surface area contributed by atoms with E-state index in [0.29, 0.717) is 0 Å². The molecule has 6 heteroatoms. The monoisotopic (exact) mass is 264 g/mol. The third-order valence-electron chi connectivity index (χ3n) is 4.03. The van der Waals surface area contributed by atoms with Crippen molar-refractivity contribution >= 4 is 14.2 Å². The fourth-order valence-corrected chi connectivity index (χ4v) is 3.05. The second-order valence-corrected chi connectivity index (χ2v) is 5.47. The third kappa shape index (κ3) is 3.43. The highest BCUT2D eigenvalue weighted by molar-refractivity contribution is 6.78. The van der Waals surface area contributed by atoms with Crippen LogP contribution in [0.2, 0.25) is 0 Å². The molecule has 0 atom stereocenters. The molecule has 0 aromatic heterocycles. The Morgan fingerprint density at radius 2 is 1.11 bits per heavy atom. The standard InChI is InChI=1S/C13H22B2O4/c1-2-6-12(7-3-1)13(14-16-8-4-9-17-14)15-18-10-5-11-19-15/h1-11H2. The van der Waals surface area contributed by atoms with Gasteiger partial charge in [0.2, 0.25) is 0 Å². The van der Waals surface area contributed by atoms with Crippen LogP contribution in [0.3, 0.4) is 0 Å². The van der Waals surface area contributed by atoms with Gasteiger partial charge < -0.3 is 18.6 Å². The molecule has 0 bridgehead atoms. The van der Waals surface area contributed by atoms with Crippen molar-refractivity contribution in [3.63, 3.8) is 0 Å². The molecule has 3 fully saturated rings. The second kappa shape index (κ2) is 6.93. The van der Waals surface area contributed by atoms with Gasteiger partial charge in [0, 0.05) is 26.4 Å². The fourth-order valence-electron chi connectivity index (χ4n) is 3.05. The van der Waals surface area contributed by atoms with Crippen LogP contribution in [0.15, 0.2) is 10.9 Å². The molecule has 0 aromatic rings. The first-order valence-electron chi connectivity index (χ1n) is 7.63. The summed E-state index contributed by atoms with van der Waals surface area (Å²) in [7, 11) is -0.491. The average Bonchev–Trinajstić information content (AvgIpc) is 2.51. The van der Waals surface area contributed by atoms with Gasteiger partial charge >= 0.3 is 14.2 Å². The largest absolute Gasteiger partial charge is 0.485 e. The highest BCUT2D eigenvalue weighted by Crippen LogP contribution is 2.30. The molecule has 0 N–H and O–H groups in total. The molecule has 4 nitrogen and oxygen atoms in total. The van der Waals surface area contributed by atoms with E-state index in [1.54, 1.807) is 0 Å². The average molecular weight is 264 g/mol. The highest BCUT2D eigenvalue weighted by Gasteiger charge is 2.41. The van der Waals surface area contributed by atoms with Crippen LogP contribution in [-0.2, 0) is 18.6 Å². The van der Waals surface area contributed by atoms with E-state index in [-0.39, 0.29) is 14.2 Å². The van der Waals surface area contributed by atoms with Gasteiger partial charge in [-0.05, 0) is 43.9 Å². The molecule has 3 aliphatic rings. The van der Waals surface area contributed by atoms with Crippen molar-refractivity contribution in [1.29, 1.82) is 0 Å². The molecular formula is C13H22B2O4. The van der Waals surface area contributed by atoms with Crippen LogP contribution in [-0.4, -0.2) is 40.7 Å². The quantitative estimate of drug-likeness (QED) is 0.716. The van der Waals surface area contributed by atoms with Gasteiger partial charge in [-0.25, -0.2) is 0 Å². The fraction of sp³-hybridized carbons (Fsp3) is 0.846. The lowest BCUT2D eigenvalue weighted by Crippen LogP contribution is -2.44. The van der Waals surface area contributed by atoms with E-state index in [4.69, 9.17) is 18.6 Å².